The van der Waals surface area contributed by atoms with Crippen molar-refractivity contribution in [3.05, 3.63) is 84.7 Å². The first-order valence-corrected chi connectivity index (χ1v) is 9.65. The molecule has 0 aliphatic heterocycles. The number of hydrogen-bond donors (Lipinski definition) is 1. The van der Waals surface area contributed by atoms with Crippen molar-refractivity contribution in [1.82, 2.24) is 9.55 Å². The Hall–Kier alpha value is -3.12. The van der Waals surface area contributed by atoms with Crippen molar-refractivity contribution < 1.29 is 8.42 Å². The fourth-order valence-corrected chi connectivity index (χ4v) is 4.05. The van der Waals surface area contributed by atoms with Crippen molar-refractivity contribution in [2.45, 2.75) is 11.8 Å². The van der Waals surface area contributed by atoms with E-state index in [2.05, 4.69) is 9.71 Å². The first kappa shape index (κ1) is 16.4. The molecule has 0 saturated carbocycles. The highest BCUT2D eigenvalue weighted by atomic mass is 32.2. The molecule has 0 amide bonds. The van der Waals surface area contributed by atoms with Gasteiger partial charge in [-0.3, -0.25) is 9.29 Å². The van der Waals surface area contributed by atoms with E-state index in [-0.39, 0.29) is 4.90 Å². The molecule has 5 nitrogen and oxygen atoms in total. The molecule has 0 aliphatic carbocycles. The maximum Gasteiger partial charge on any atom is 0.261 e. The Labute approximate surface area is 152 Å². The zero-order chi connectivity index (χ0) is 18.1. The minimum Gasteiger partial charge on any atom is -0.297 e. The van der Waals surface area contributed by atoms with Crippen molar-refractivity contribution in [3.63, 3.8) is 0 Å². The second-order valence-electron chi connectivity index (χ2n) is 5.95. The zero-order valence-electron chi connectivity index (χ0n) is 14.1. The van der Waals surface area contributed by atoms with Gasteiger partial charge in [-0.15, -0.1) is 0 Å². The van der Waals surface area contributed by atoms with Crippen molar-refractivity contribution >= 4 is 26.7 Å². The van der Waals surface area contributed by atoms with Gasteiger partial charge in [-0.25, -0.2) is 13.4 Å². The van der Waals surface area contributed by atoms with Crippen LogP contribution in [0.15, 0.2) is 83.8 Å². The van der Waals surface area contributed by atoms with Crippen LogP contribution in [0.2, 0.25) is 0 Å². The van der Waals surface area contributed by atoms with E-state index in [0.29, 0.717) is 11.2 Å². The second-order valence-corrected chi connectivity index (χ2v) is 7.63. The molecule has 0 aliphatic rings. The van der Waals surface area contributed by atoms with E-state index in [1.165, 1.54) is 0 Å². The van der Waals surface area contributed by atoms with E-state index in [4.69, 9.17) is 0 Å². The van der Waals surface area contributed by atoms with Gasteiger partial charge < -0.3 is 0 Å². The third kappa shape index (κ3) is 2.95. The molecular weight excluding hydrogens is 346 g/mol. The van der Waals surface area contributed by atoms with Gasteiger partial charge in [0.05, 0.1) is 15.9 Å². The number of nitrogens with one attached hydrogen (secondary N) is 1. The van der Waals surface area contributed by atoms with Crippen LogP contribution in [0.4, 0.5) is 5.69 Å². The fourth-order valence-electron chi connectivity index (χ4n) is 2.97. The third-order valence-corrected chi connectivity index (χ3v) is 5.52. The number of sulfonamides is 1. The van der Waals surface area contributed by atoms with Crippen LogP contribution in [0.1, 0.15) is 5.82 Å². The number of aryl methyl sites for hydroxylation is 1. The maximum absolute atomic E-state index is 12.7. The van der Waals surface area contributed by atoms with E-state index in [1.54, 1.807) is 42.5 Å². The number of para-hydroxylation sites is 2. The molecule has 0 spiro atoms. The summed E-state index contributed by atoms with van der Waals surface area (Å²) in [5.74, 6) is 0.803. The predicted molar refractivity (Wildman–Crippen MR) is 103 cm³/mol. The molecule has 4 aromatic rings. The SMILES string of the molecule is Cc1nc2cc(S(=O)(=O)Nc3ccccc3)ccc2n1-c1ccccc1. The minimum absolute atomic E-state index is 0.187. The molecule has 0 unspecified atom stereocenters. The summed E-state index contributed by atoms with van der Waals surface area (Å²) in [6.07, 6.45) is 0. The number of hydrogen-bond acceptors (Lipinski definition) is 3. The molecule has 1 N–H and O–H groups in total. The molecule has 1 heterocycles. The second kappa shape index (κ2) is 6.31. The number of fused-ring (bicyclic) bond motifs is 1. The standard InChI is InChI=1S/C20H17N3O2S/c1-15-21-19-14-18(26(24,25)22-16-8-4-2-5-9-16)12-13-20(19)23(15)17-10-6-3-7-11-17/h2-14,22H,1H3. The lowest BCUT2D eigenvalue weighted by Gasteiger charge is -2.09. The number of rotatable bonds is 4. The molecule has 3 aromatic carbocycles. The van der Waals surface area contributed by atoms with Gasteiger partial charge >= 0.3 is 0 Å². The average molecular weight is 363 g/mol. The molecule has 0 bridgehead atoms. The first-order valence-electron chi connectivity index (χ1n) is 8.17. The topological polar surface area (TPSA) is 64.0 Å². The average Bonchev–Trinajstić information content (AvgIpc) is 2.98. The van der Waals surface area contributed by atoms with Gasteiger partial charge in [0, 0.05) is 11.4 Å². The monoisotopic (exact) mass is 363 g/mol. The zero-order valence-corrected chi connectivity index (χ0v) is 14.9. The van der Waals surface area contributed by atoms with Gasteiger partial charge in [0.15, 0.2) is 0 Å². The van der Waals surface area contributed by atoms with Gasteiger partial charge in [0.2, 0.25) is 0 Å². The van der Waals surface area contributed by atoms with Gasteiger partial charge in [0.25, 0.3) is 10.0 Å². The fraction of sp³-hybridized carbons (Fsp3) is 0.0500. The lowest BCUT2D eigenvalue weighted by molar-refractivity contribution is 0.601. The smallest absolute Gasteiger partial charge is 0.261 e. The van der Waals surface area contributed by atoms with Crippen molar-refractivity contribution in [3.8, 4) is 5.69 Å². The lowest BCUT2D eigenvalue weighted by atomic mass is 10.3. The molecule has 0 saturated heterocycles. The third-order valence-electron chi connectivity index (χ3n) is 4.14. The Balaban J connectivity index is 1.77. The first-order chi connectivity index (χ1) is 12.5. The highest BCUT2D eigenvalue weighted by Gasteiger charge is 2.17. The highest BCUT2D eigenvalue weighted by Crippen LogP contribution is 2.25. The lowest BCUT2D eigenvalue weighted by Crippen LogP contribution is -2.12. The summed E-state index contributed by atoms with van der Waals surface area (Å²) in [5, 5.41) is 0. The molecule has 4 rings (SSSR count). The largest absolute Gasteiger partial charge is 0.297 e. The van der Waals surface area contributed by atoms with Crippen molar-refractivity contribution in [2.75, 3.05) is 4.72 Å². The van der Waals surface area contributed by atoms with Crippen LogP contribution < -0.4 is 4.72 Å². The molecule has 0 atom stereocenters. The molecular formula is C20H17N3O2S. The Morgan fingerprint density at radius 3 is 2.23 bits per heavy atom. The molecule has 6 heteroatoms. The number of aromatic nitrogens is 2. The number of anilines is 1. The van der Waals surface area contributed by atoms with E-state index >= 15 is 0 Å². The molecule has 130 valence electrons. The molecule has 1 aromatic heterocycles. The van der Waals surface area contributed by atoms with E-state index in [9.17, 15) is 8.42 Å². The molecule has 0 radical (unpaired) electrons. The minimum atomic E-state index is -3.67. The van der Waals surface area contributed by atoms with Gasteiger partial charge in [-0.2, -0.15) is 0 Å². The van der Waals surface area contributed by atoms with E-state index in [0.717, 1.165) is 17.0 Å². The summed E-state index contributed by atoms with van der Waals surface area (Å²) < 4.78 is 29.9. The van der Waals surface area contributed by atoms with E-state index < -0.39 is 10.0 Å². The normalized spacial score (nSPS) is 11.6. The summed E-state index contributed by atoms with van der Waals surface area (Å²) in [6, 6.07) is 23.7. The van der Waals surface area contributed by atoms with Gasteiger partial charge in [0.1, 0.15) is 5.82 Å². The van der Waals surface area contributed by atoms with Crippen molar-refractivity contribution in [2.24, 2.45) is 0 Å². The Kier molecular flexibility index (Phi) is 3.97. The number of imidazole rings is 1. The maximum atomic E-state index is 12.7. The van der Waals surface area contributed by atoms with Crippen LogP contribution >= 0.6 is 0 Å². The van der Waals surface area contributed by atoms with Crippen LogP contribution in [0.3, 0.4) is 0 Å². The Bertz CT molecular complexity index is 1170. The van der Waals surface area contributed by atoms with Crippen LogP contribution in [0.5, 0.6) is 0 Å². The number of benzene rings is 3. The Morgan fingerprint density at radius 1 is 0.885 bits per heavy atom. The van der Waals surface area contributed by atoms with E-state index in [1.807, 2.05) is 47.9 Å². The van der Waals surface area contributed by atoms with Gasteiger partial charge in [-0.1, -0.05) is 36.4 Å². The summed E-state index contributed by atoms with van der Waals surface area (Å²) in [5.41, 5.74) is 3.03. The van der Waals surface area contributed by atoms with Crippen LogP contribution in [-0.4, -0.2) is 18.0 Å². The van der Waals surface area contributed by atoms with Crippen LogP contribution in [-0.2, 0) is 10.0 Å². The number of nitrogens with zero attached hydrogens (tertiary/aromatic N) is 2. The van der Waals surface area contributed by atoms with Crippen molar-refractivity contribution in [1.29, 1.82) is 0 Å². The predicted octanol–water partition coefficient (Wildman–Crippen LogP) is 4.13. The van der Waals surface area contributed by atoms with Crippen LogP contribution in [0, 0.1) is 6.92 Å². The summed E-state index contributed by atoms with van der Waals surface area (Å²) >= 11 is 0. The summed E-state index contributed by atoms with van der Waals surface area (Å²) in [6.45, 7) is 1.91. The quantitative estimate of drug-likeness (QED) is 0.593. The molecule has 0 fully saturated rings. The molecule has 26 heavy (non-hydrogen) atoms. The van der Waals surface area contributed by atoms with Gasteiger partial charge in [-0.05, 0) is 49.4 Å². The summed E-state index contributed by atoms with van der Waals surface area (Å²) in [7, 11) is -3.67. The highest BCUT2D eigenvalue weighted by molar-refractivity contribution is 7.92. The summed E-state index contributed by atoms with van der Waals surface area (Å²) in [4.78, 5) is 4.73. The Morgan fingerprint density at radius 2 is 1.54 bits per heavy atom. The van der Waals surface area contributed by atoms with Crippen LogP contribution in [0.25, 0.3) is 16.7 Å².